The highest BCUT2D eigenvalue weighted by Gasteiger charge is 2.11. The fourth-order valence-corrected chi connectivity index (χ4v) is 3.31. The summed E-state index contributed by atoms with van der Waals surface area (Å²) in [5.41, 5.74) is 2.02. The first-order valence-electron chi connectivity index (χ1n) is 8.51. The van der Waals surface area contributed by atoms with Gasteiger partial charge in [-0.1, -0.05) is 48.9 Å². The van der Waals surface area contributed by atoms with Crippen LogP contribution in [0.3, 0.4) is 0 Å². The Labute approximate surface area is 151 Å². The van der Waals surface area contributed by atoms with Gasteiger partial charge in [-0.2, -0.15) is 0 Å². The minimum absolute atomic E-state index is 0.435. The number of nitrogens with zero attached hydrogens (tertiary/aromatic N) is 2. The smallest absolute Gasteiger partial charge is 0.147 e. The van der Waals surface area contributed by atoms with E-state index in [1.165, 1.54) is 10.8 Å². The topological polar surface area (TPSA) is 27.1 Å². The number of benzene rings is 3. The number of hydrogen-bond acceptors (Lipinski definition) is 2. The summed E-state index contributed by atoms with van der Waals surface area (Å²) in [5, 5.41) is 3.09. The summed E-state index contributed by atoms with van der Waals surface area (Å²) in [5.74, 6) is 1.78. The molecule has 0 fully saturated rings. The zero-order chi connectivity index (χ0) is 17.2. The molecule has 0 aliphatic heterocycles. The molecule has 3 aromatic carbocycles. The van der Waals surface area contributed by atoms with Crippen molar-refractivity contribution in [3.05, 3.63) is 71.5 Å². The van der Waals surface area contributed by atoms with Crippen LogP contribution in [0, 0.1) is 0 Å². The van der Waals surface area contributed by atoms with Crippen molar-refractivity contribution in [2.24, 2.45) is 0 Å². The van der Waals surface area contributed by atoms with Crippen LogP contribution >= 0.6 is 11.6 Å². The van der Waals surface area contributed by atoms with Gasteiger partial charge >= 0.3 is 0 Å². The largest absolute Gasteiger partial charge is 0.486 e. The van der Waals surface area contributed by atoms with Crippen molar-refractivity contribution in [2.45, 2.75) is 26.5 Å². The standard InChI is InChI=1S/C21H19ClN2O/c1-2-11-24-20-10-8-17(22)13-19(20)23-21(24)14-25-18-9-7-15-5-3-4-6-16(15)12-18/h3-10,12-13H,2,11,14H2,1H3. The predicted octanol–water partition coefficient (Wildman–Crippen LogP) is 5.83. The lowest BCUT2D eigenvalue weighted by Gasteiger charge is -2.10. The molecule has 3 nitrogen and oxygen atoms in total. The van der Waals surface area contributed by atoms with Gasteiger partial charge in [-0.15, -0.1) is 0 Å². The molecule has 0 N–H and O–H groups in total. The number of imidazole rings is 1. The third kappa shape index (κ3) is 3.20. The van der Waals surface area contributed by atoms with E-state index in [4.69, 9.17) is 21.3 Å². The van der Waals surface area contributed by atoms with Crippen molar-refractivity contribution in [2.75, 3.05) is 0 Å². The van der Waals surface area contributed by atoms with Gasteiger partial charge < -0.3 is 9.30 Å². The Kier molecular flexibility index (Phi) is 4.33. The zero-order valence-corrected chi connectivity index (χ0v) is 14.8. The van der Waals surface area contributed by atoms with Crippen LogP contribution in [0.25, 0.3) is 21.8 Å². The maximum Gasteiger partial charge on any atom is 0.147 e. The summed E-state index contributed by atoms with van der Waals surface area (Å²) in [6.07, 6.45) is 1.04. The molecule has 0 bridgehead atoms. The van der Waals surface area contributed by atoms with Gasteiger partial charge in [0.2, 0.25) is 0 Å². The minimum atomic E-state index is 0.435. The highest BCUT2D eigenvalue weighted by atomic mass is 35.5. The zero-order valence-electron chi connectivity index (χ0n) is 14.1. The number of halogens is 1. The average Bonchev–Trinajstić information content (AvgIpc) is 2.97. The van der Waals surface area contributed by atoms with E-state index in [0.717, 1.165) is 35.6 Å². The molecule has 0 saturated carbocycles. The second-order valence-electron chi connectivity index (χ2n) is 6.11. The molecule has 0 aliphatic carbocycles. The van der Waals surface area contributed by atoms with Gasteiger partial charge in [0.15, 0.2) is 0 Å². The SMILES string of the molecule is CCCn1c(COc2ccc3ccccc3c2)nc2cc(Cl)ccc21. The third-order valence-electron chi connectivity index (χ3n) is 4.33. The molecular formula is C21H19ClN2O. The molecule has 0 spiro atoms. The van der Waals surface area contributed by atoms with Gasteiger partial charge in [-0.25, -0.2) is 4.98 Å². The van der Waals surface area contributed by atoms with E-state index in [1.54, 1.807) is 0 Å². The van der Waals surface area contributed by atoms with Gasteiger partial charge in [-0.05, 0) is 47.5 Å². The highest BCUT2D eigenvalue weighted by molar-refractivity contribution is 6.31. The Bertz CT molecular complexity index is 1040. The summed E-state index contributed by atoms with van der Waals surface area (Å²) >= 11 is 6.11. The van der Waals surface area contributed by atoms with Crippen LogP contribution < -0.4 is 4.74 Å². The Balaban J connectivity index is 1.63. The number of fused-ring (bicyclic) bond motifs is 2. The van der Waals surface area contributed by atoms with E-state index < -0.39 is 0 Å². The van der Waals surface area contributed by atoms with Gasteiger partial charge in [0.1, 0.15) is 18.2 Å². The number of rotatable bonds is 5. The lowest BCUT2D eigenvalue weighted by Crippen LogP contribution is -2.07. The first-order valence-corrected chi connectivity index (χ1v) is 8.88. The molecule has 126 valence electrons. The normalized spacial score (nSPS) is 11.3. The fraction of sp³-hybridized carbons (Fsp3) is 0.190. The first-order chi connectivity index (χ1) is 12.2. The van der Waals surface area contributed by atoms with Crippen LogP contribution in [0.5, 0.6) is 5.75 Å². The van der Waals surface area contributed by atoms with Crippen molar-refractivity contribution >= 4 is 33.4 Å². The number of aryl methyl sites for hydroxylation is 1. The second-order valence-corrected chi connectivity index (χ2v) is 6.55. The molecule has 4 heteroatoms. The highest BCUT2D eigenvalue weighted by Crippen LogP contribution is 2.24. The van der Waals surface area contributed by atoms with Gasteiger partial charge in [-0.3, -0.25) is 0 Å². The minimum Gasteiger partial charge on any atom is -0.486 e. The third-order valence-corrected chi connectivity index (χ3v) is 4.56. The van der Waals surface area contributed by atoms with E-state index in [-0.39, 0.29) is 0 Å². The molecule has 1 aromatic heterocycles. The number of ether oxygens (including phenoxy) is 1. The molecule has 4 rings (SSSR count). The van der Waals surface area contributed by atoms with Crippen LogP contribution in [0.2, 0.25) is 5.02 Å². The van der Waals surface area contributed by atoms with Crippen LogP contribution in [-0.4, -0.2) is 9.55 Å². The Morgan fingerprint density at radius 2 is 1.84 bits per heavy atom. The molecule has 0 radical (unpaired) electrons. The van der Waals surface area contributed by atoms with Gasteiger partial charge in [0, 0.05) is 11.6 Å². The summed E-state index contributed by atoms with van der Waals surface area (Å²) < 4.78 is 8.25. The van der Waals surface area contributed by atoms with Crippen molar-refractivity contribution in [3.8, 4) is 5.75 Å². The molecular weight excluding hydrogens is 332 g/mol. The predicted molar refractivity (Wildman–Crippen MR) is 103 cm³/mol. The van der Waals surface area contributed by atoms with Crippen molar-refractivity contribution in [1.29, 1.82) is 0 Å². The number of aromatic nitrogens is 2. The molecule has 0 aliphatic rings. The molecule has 0 unspecified atom stereocenters. The van der Waals surface area contributed by atoms with Crippen molar-refractivity contribution in [3.63, 3.8) is 0 Å². The average molecular weight is 351 g/mol. The van der Waals surface area contributed by atoms with E-state index in [0.29, 0.717) is 11.6 Å². The first kappa shape index (κ1) is 16.0. The quantitative estimate of drug-likeness (QED) is 0.452. The van der Waals surface area contributed by atoms with Crippen LogP contribution in [-0.2, 0) is 13.2 Å². The summed E-state index contributed by atoms with van der Waals surface area (Å²) in [4.78, 5) is 4.72. The lowest BCUT2D eigenvalue weighted by molar-refractivity contribution is 0.290. The molecule has 4 aromatic rings. The molecule has 0 amide bonds. The molecule has 25 heavy (non-hydrogen) atoms. The van der Waals surface area contributed by atoms with Crippen LogP contribution in [0.1, 0.15) is 19.2 Å². The molecule has 0 saturated heterocycles. The summed E-state index contributed by atoms with van der Waals surface area (Å²) in [6.45, 7) is 3.51. The summed E-state index contributed by atoms with van der Waals surface area (Å²) in [7, 11) is 0. The molecule has 1 heterocycles. The van der Waals surface area contributed by atoms with Crippen molar-refractivity contribution in [1.82, 2.24) is 9.55 Å². The molecule has 0 atom stereocenters. The fourth-order valence-electron chi connectivity index (χ4n) is 3.14. The van der Waals surface area contributed by atoms with Crippen LogP contribution in [0.4, 0.5) is 0 Å². The lowest BCUT2D eigenvalue weighted by atomic mass is 10.1. The van der Waals surface area contributed by atoms with Gasteiger partial charge in [0.25, 0.3) is 0 Å². The Morgan fingerprint density at radius 1 is 1.00 bits per heavy atom. The monoisotopic (exact) mass is 350 g/mol. The Morgan fingerprint density at radius 3 is 2.68 bits per heavy atom. The van der Waals surface area contributed by atoms with E-state index in [9.17, 15) is 0 Å². The summed E-state index contributed by atoms with van der Waals surface area (Å²) in [6, 6.07) is 20.3. The number of hydrogen-bond donors (Lipinski definition) is 0. The van der Waals surface area contributed by atoms with E-state index in [2.05, 4.69) is 35.8 Å². The van der Waals surface area contributed by atoms with Gasteiger partial charge in [0.05, 0.1) is 11.0 Å². The maximum atomic E-state index is 6.11. The van der Waals surface area contributed by atoms with Crippen LogP contribution in [0.15, 0.2) is 60.7 Å². The van der Waals surface area contributed by atoms with E-state index >= 15 is 0 Å². The van der Waals surface area contributed by atoms with E-state index in [1.807, 2.05) is 36.4 Å². The maximum absolute atomic E-state index is 6.11. The Hall–Kier alpha value is -2.52. The van der Waals surface area contributed by atoms with Crippen molar-refractivity contribution < 1.29 is 4.74 Å². The second kappa shape index (κ2) is 6.77.